The number of piperidine rings is 1. The Bertz CT molecular complexity index is 507. The maximum absolute atomic E-state index is 12.4. The van der Waals surface area contributed by atoms with Gasteiger partial charge in [0, 0.05) is 17.1 Å². The molecule has 1 amide bonds. The molecule has 18 heavy (non-hydrogen) atoms. The van der Waals surface area contributed by atoms with Crippen LogP contribution in [0.5, 0.6) is 0 Å². The van der Waals surface area contributed by atoms with E-state index < -0.39 is 0 Å². The van der Waals surface area contributed by atoms with Crippen LogP contribution in [-0.4, -0.2) is 23.4 Å². The Balaban J connectivity index is 2.24. The number of aryl methyl sites for hydroxylation is 1. The van der Waals surface area contributed by atoms with Crippen molar-refractivity contribution in [1.82, 2.24) is 4.90 Å². The minimum Gasteiger partial charge on any atom is -0.323 e. The quantitative estimate of drug-likeness (QED) is 0.780. The molecular weight excluding hydrogens is 248 g/mol. The topological polar surface area (TPSA) is 44.1 Å². The molecule has 0 radical (unpaired) electrons. The first-order chi connectivity index (χ1) is 8.63. The third-order valence-corrected chi connectivity index (χ3v) is 3.74. The summed E-state index contributed by atoms with van der Waals surface area (Å²) < 4.78 is 0. The van der Waals surface area contributed by atoms with Crippen molar-refractivity contribution in [3.05, 3.63) is 34.3 Å². The maximum Gasteiger partial charge on any atom is 0.254 e. The van der Waals surface area contributed by atoms with Crippen molar-refractivity contribution < 1.29 is 4.79 Å². The molecular formula is C14H15ClN2O. The van der Waals surface area contributed by atoms with Crippen molar-refractivity contribution in [3.63, 3.8) is 0 Å². The van der Waals surface area contributed by atoms with Crippen LogP contribution in [0.3, 0.4) is 0 Å². The van der Waals surface area contributed by atoms with E-state index in [1.165, 1.54) is 0 Å². The molecule has 1 aliphatic heterocycles. The fraction of sp³-hybridized carbons (Fsp3) is 0.429. The lowest BCUT2D eigenvalue weighted by Gasteiger charge is -2.31. The van der Waals surface area contributed by atoms with Gasteiger partial charge in [-0.15, -0.1) is 0 Å². The number of halogens is 1. The summed E-state index contributed by atoms with van der Waals surface area (Å²) in [6.07, 6.45) is 2.76. The lowest BCUT2D eigenvalue weighted by atomic mass is 10.0. The van der Waals surface area contributed by atoms with E-state index in [0.717, 1.165) is 24.8 Å². The van der Waals surface area contributed by atoms with Crippen LogP contribution in [0, 0.1) is 18.3 Å². The van der Waals surface area contributed by atoms with Crippen molar-refractivity contribution in [2.75, 3.05) is 6.54 Å². The minimum absolute atomic E-state index is 0.0685. The van der Waals surface area contributed by atoms with Crippen LogP contribution < -0.4 is 0 Å². The Hall–Kier alpha value is -1.53. The summed E-state index contributed by atoms with van der Waals surface area (Å²) in [5.74, 6) is -0.0685. The fourth-order valence-electron chi connectivity index (χ4n) is 2.25. The number of hydrogen-bond acceptors (Lipinski definition) is 2. The van der Waals surface area contributed by atoms with E-state index >= 15 is 0 Å². The van der Waals surface area contributed by atoms with Crippen LogP contribution >= 0.6 is 11.6 Å². The van der Waals surface area contributed by atoms with Gasteiger partial charge in [-0.2, -0.15) is 5.26 Å². The molecule has 0 N–H and O–H groups in total. The molecule has 4 heteroatoms. The highest BCUT2D eigenvalue weighted by Crippen LogP contribution is 2.22. The Morgan fingerprint density at radius 2 is 2.28 bits per heavy atom. The first-order valence-corrected chi connectivity index (χ1v) is 6.48. The smallest absolute Gasteiger partial charge is 0.254 e. The maximum atomic E-state index is 12.4. The summed E-state index contributed by atoms with van der Waals surface area (Å²) in [6.45, 7) is 2.54. The van der Waals surface area contributed by atoms with Crippen LogP contribution in [-0.2, 0) is 0 Å². The number of likely N-dealkylation sites (tertiary alicyclic amines) is 1. The number of nitrogens with zero attached hydrogens (tertiary/aromatic N) is 2. The molecule has 2 rings (SSSR count). The van der Waals surface area contributed by atoms with Gasteiger partial charge in [0.25, 0.3) is 5.91 Å². The molecule has 1 aliphatic rings. The molecule has 0 bridgehead atoms. The van der Waals surface area contributed by atoms with E-state index in [1.54, 1.807) is 23.1 Å². The zero-order valence-electron chi connectivity index (χ0n) is 10.3. The Labute approximate surface area is 112 Å². The van der Waals surface area contributed by atoms with Gasteiger partial charge < -0.3 is 4.90 Å². The number of rotatable bonds is 1. The number of amides is 1. The summed E-state index contributed by atoms with van der Waals surface area (Å²) in [4.78, 5) is 14.0. The SMILES string of the molecule is Cc1cc(C(=O)N2CCCCC2C#N)ccc1Cl. The minimum atomic E-state index is -0.290. The van der Waals surface area contributed by atoms with E-state index in [1.807, 2.05) is 6.92 Å². The Morgan fingerprint density at radius 1 is 1.50 bits per heavy atom. The van der Waals surface area contributed by atoms with Crippen molar-refractivity contribution in [2.24, 2.45) is 0 Å². The summed E-state index contributed by atoms with van der Waals surface area (Å²) >= 11 is 5.95. The Kier molecular flexibility index (Phi) is 3.88. The summed E-state index contributed by atoms with van der Waals surface area (Å²) in [7, 11) is 0. The second kappa shape index (κ2) is 5.41. The molecule has 1 unspecified atom stereocenters. The predicted molar refractivity (Wildman–Crippen MR) is 70.5 cm³/mol. The van der Waals surface area contributed by atoms with Gasteiger partial charge in [-0.05, 0) is 49.9 Å². The molecule has 0 aliphatic carbocycles. The molecule has 0 spiro atoms. The largest absolute Gasteiger partial charge is 0.323 e. The van der Waals surface area contributed by atoms with Crippen LogP contribution in [0.2, 0.25) is 5.02 Å². The van der Waals surface area contributed by atoms with E-state index in [2.05, 4.69) is 6.07 Å². The van der Waals surface area contributed by atoms with Crippen LogP contribution in [0.1, 0.15) is 35.2 Å². The van der Waals surface area contributed by atoms with Gasteiger partial charge in [-0.25, -0.2) is 0 Å². The van der Waals surface area contributed by atoms with Gasteiger partial charge in [0.15, 0.2) is 0 Å². The number of hydrogen-bond donors (Lipinski definition) is 0. The number of nitriles is 1. The van der Waals surface area contributed by atoms with Gasteiger partial charge in [-0.1, -0.05) is 11.6 Å². The van der Waals surface area contributed by atoms with Gasteiger partial charge in [0.1, 0.15) is 6.04 Å². The number of benzene rings is 1. The molecule has 94 valence electrons. The molecule has 3 nitrogen and oxygen atoms in total. The van der Waals surface area contributed by atoms with Gasteiger partial charge >= 0.3 is 0 Å². The Morgan fingerprint density at radius 3 is 2.94 bits per heavy atom. The second-order valence-electron chi connectivity index (χ2n) is 4.60. The molecule has 1 heterocycles. The van der Waals surface area contributed by atoms with Crippen LogP contribution in [0.15, 0.2) is 18.2 Å². The monoisotopic (exact) mass is 262 g/mol. The molecule has 1 aromatic carbocycles. The molecule has 1 atom stereocenters. The highest BCUT2D eigenvalue weighted by molar-refractivity contribution is 6.31. The van der Waals surface area contributed by atoms with Gasteiger partial charge in [0.2, 0.25) is 0 Å². The molecule has 0 saturated carbocycles. The lowest BCUT2D eigenvalue weighted by Crippen LogP contribution is -2.42. The van der Waals surface area contributed by atoms with Crippen LogP contribution in [0.25, 0.3) is 0 Å². The fourth-order valence-corrected chi connectivity index (χ4v) is 2.37. The van der Waals surface area contributed by atoms with E-state index in [4.69, 9.17) is 16.9 Å². The van der Waals surface area contributed by atoms with E-state index in [0.29, 0.717) is 17.1 Å². The number of carbonyl (C=O) groups is 1. The van der Waals surface area contributed by atoms with Crippen molar-refractivity contribution in [3.8, 4) is 6.07 Å². The van der Waals surface area contributed by atoms with Gasteiger partial charge in [-0.3, -0.25) is 4.79 Å². The van der Waals surface area contributed by atoms with Gasteiger partial charge in [0.05, 0.1) is 6.07 Å². The average Bonchev–Trinajstić information content (AvgIpc) is 2.41. The molecule has 0 aromatic heterocycles. The highest BCUT2D eigenvalue weighted by atomic mass is 35.5. The van der Waals surface area contributed by atoms with E-state index in [-0.39, 0.29) is 11.9 Å². The first kappa shape index (κ1) is 12.9. The molecule has 1 aromatic rings. The summed E-state index contributed by atoms with van der Waals surface area (Å²) in [5, 5.41) is 9.75. The lowest BCUT2D eigenvalue weighted by molar-refractivity contribution is 0.0670. The molecule has 1 saturated heterocycles. The predicted octanol–water partition coefficient (Wildman–Crippen LogP) is 3.17. The van der Waals surface area contributed by atoms with E-state index in [9.17, 15) is 4.79 Å². The number of carbonyl (C=O) groups excluding carboxylic acids is 1. The zero-order valence-corrected chi connectivity index (χ0v) is 11.1. The first-order valence-electron chi connectivity index (χ1n) is 6.10. The third-order valence-electron chi connectivity index (χ3n) is 3.32. The second-order valence-corrected chi connectivity index (χ2v) is 5.01. The summed E-state index contributed by atoms with van der Waals surface area (Å²) in [5.41, 5.74) is 1.49. The summed E-state index contributed by atoms with van der Waals surface area (Å²) in [6, 6.07) is 7.16. The average molecular weight is 263 g/mol. The van der Waals surface area contributed by atoms with Crippen LogP contribution in [0.4, 0.5) is 0 Å². The van der Waals surface area contributed by atoms with Crippen molar-refractivity contribution >= 4 is 17.5 Å². The normalized spacial score (nSPS) is 19.4. The standard InChI is InChI=1S/C14H15ClN2O/c1-10-8-11(5-6-13(10)15)14(18)17-7-3-2-4-12(17)9-16/h5-6,8,12H,2-4,7H2,1H3. The molecule has 1 fully saturated rings. The third kappa shape index (κ3) is 2.49. The highest BCUT2D eigenvalue weighted by Gasteiger charge is 2.27. The van der Waals surface area contributed by atoms with Crippen molar-refractivity contribution in [2.45, 2.75) is 32.2 Å². The van der Waals surface area contributed by atoms with Crippen molar-refractivity contribution in [1.29, 1.82) is 5.26 Å². The zero-order chi connectivity index (χ0) is 13.1.